The zero-order chi connectivity index (χ0) is 16.1. The molecule has 0 aliphatic heterocycles. The third-order valence-electron chi connectivity index (χ3n) is 4.73. The second kappa shape index (κ2) is 5.19. The standard InChI is InChI=1S/C23H16S/c1-2-5-18-14-22-20-9-8-17-12-15-6-3-4-7-16(15)13-21(17)19(20)10-11-23(22)24-18/h2-14H,1H3. The third-order valence-corrected chi connectivity index (χ3v) is 5.80. The van der Waals surface area contributed by atoms with Gasteiger partial charge in [-0.05, 0) is 69.6 Å². The van der Waals surface area contributed by atoms with Crippen molar-refractivity contribution in [3.8, 4) is 0 Å². The minimum Gasteiger partial charge on any atom is -0.136 e. The van der Waals surface area contributed by atoms with E-state index in [0.29, 0.717) is 0 Å². The first-order valence-electron chi connectivity index (χ1n) is 8.24. The highest BCUT2D eigenvalue weighted by atomic mass is 32.1. The monoisotopic (exact) mass is 324 g/mol. The van der Waals surface area contributed by atoms with Crippen LogP contribution in [0.25, 0.3) is 48.5 Å². The largest absolute Gasteiger partial charge is 0.136 e. The molecule has 1 aromatic heterocycles. The molecule has 1 heterocycles. The molecular weight excluding hydrogens is 308 g/mol. The Kier molecular flexibility index (Phi) is 2.97. The molecule has 0 aliphatic rings. The molecule has 0 saturated carbocycles. The molecule has 24 heavy (non-hydrogen) atoms. The van der Waals surface area contributed by atoms with Gasteiger partial charge in [0, 0.05) is 15.0 Å². The second-order valence-electron chi connectivity index (χ2n) is 6.21. The van der Waals surface area contributed by atoms with Gasteiger partial charge in [0.2, 0.25) is 0 Å². The van der Waals surface area contributed by atoms with E-state index < -0.39 is 0 Å². The number of hydrogen-bond acceptors (Lipinski definition) is 1. The van der Waals surface area contributed by atoms with Crippen LogP contribution in [0, 0.1) is 0 Å². The van der Waals surface area contributed by atoms with E-state index in [0.717, 1.165) is 0 Å². The summed E-state index contributed by atoms with van der Waals surface area (Å²) in [4.78, 5) is 1.32. The number of fused-ring (bicyclic) bond motifs is 6. The normalized spacial score (nSPS) is 12.2. The Morgan fingerprint density at radius 1 is 0.667 bits per heavy atom. The summed E-state index contributed by atoms with van der Waals surface area (Å²) < 4.78 is 1.36. The Bertz CT molecular complexity index is 1250. The van der Waals surface area contributed by atoms with Gasteiger partial charge in [-0.3, -0.25) is 0 Å². The summed E-state index contributed by atoms with van der Waals surface area (Å²) in [6.45, 7) is 2.07. The van der Waals surface area contributed by atoms with Crippen molar-refractivity contribution in [2.75, 3.05) is 0 Å². The van der Waals surface area contributed by atoms with E-state index in [4.69, 9.17) is 0 Å². The molecule has 0 spiro atoms. The van der Waals surface area contributed by atoms with Gasteiger partial charge in [0.25, 0.3) is 0 Å². The highest BCUT2D eigenvalue weighted by Gasteiger charge is 2.08. The number of allylic oxidation sites excluding steroid dienone is 1. The first-order chi connectivity index (χ1) is 11.8. The molecule has 0 nitrogen and oxygen atoms in total. The molecule has 5 aromatic rings. The van der Waals surface area contributed by atoms with Crippen LogP contribution >= 0.6 is 11.3 Å². The van der Waals surface area contributed by atoms with Gasteiger partial charge in [-0.2, -0.15) is 0 Å². The Morgan fingerprint density at radius 2 is 1.42 bits per heavy atom. The topological polar surface area (TPSA) is 0 Å². The van der Waals surface area contributed by atoms with Gasteiger partial charge in [0.1, 0.15) is 0 Å². The van der Waals surface area contributed by atoms with Crippen molar-refractivity contribution in [3.05, 3.63) is 77.7 Å². The molecule has 0 unspecified atom stereocenters. The predicted octanol–water partition coefficient (Wildman–Crippen LogP) is 7.39. The molecule has 0 bridgehead atoms. The quantitative estimate of drug-likeness (QED) is 0.223. The van der Waals surface area contributed by atoms with E-state index in [-0.39, 0.29) is 0 Å². The van der Waals surface area contributed by atoms with E-state index in [1.807, 2.05) is 11.3 Å². The van der Waals surface area contributed by atoms with Gasteiger partial charge in [-0.1, -0.05) is 48.5 Å². The zero-order valence-electron chi connectivity index (χ0n) is 13.4. The highest BCUT2D eigenvalue weighted by Crippen LogP contribution is 2.36. The summed E-state index contributed by atoms with van der Waals surface area (Å²) in [7, 11) is 0. The lowest BCUT2D eigenvalue weighted by Gasteiger charge is -2.07. The van der Waals surface area contributed by atoms with E-state index >= 15 is 0 Å². The number of thiophene rings is 1. The van der Waals surface area contributed by atoms with Gasteiger partial charge >= 0.3 is 0 Å². The Morgan fingerprint density at radius 3 is 2.25 bits per heavy atom. The smallest absolute Gasteiger partial charge is 0.0355 e. The summed E-state index contributed by atoms with van der Waals surface area (Å²) in [5.41, 5.74) is 0. The number of rotatable bonds is 1. The maximum atomic E-state index is 2.33. The molecule has 0 amide bonds. The highest BCUT2D eigenvalue weighted by molar-refractivity contribution is 7.20. The van der Waals surface area contributed by atoms with Gasteiger partial charge in [0.05, 0.1) is 0 Å². The summed E-state index contributed by atoms with van der Waals surface area (Å²) in [6.07, 6.45) is 4.29. The van der Waals surface area contributed by atoms with Crippen molar-refractivity contribution in [2.24, 2.45) is 0 Å². The maximum Gasteiger partial charge on any atom is 0.0355 e. The van der Waals surface area contributed by atoms with Crippen molar-refractivity contribution in [3.63, 3.8) is 0 Å². The van der Waals surface area contributed by atoms with Crippen LogP contribution in [-0.4, -0.2) is 0 Å². The molecule has 114 valence electrons. The fourth-order valence-corrected chi connectivity index (χ4v) is 4.67. The van der Waals surface area contributed by atoms with Crippen LogP contribution in [0.5, 0.6) is 0 Å². The molecule has 1 heteroatoms. The minimum atomic E-state index is 1.30. The fourth-order valence-electron chi connectivity index (χ4n) is 3.62. The molecule has 5 rings (SSSR count). The molecule has 4 aromatic carbocycles. The van der Waals surface area contributed by atoms with Crippen molar-refractivity contribution in [1.82, 2.24) is 0 Å². The van der Waals surface area contributed by atoms with E-state index in [1.165, 1.54) is 47.3 Å². The molecule has 0 radical (unpaired) electrons. The van der Waals surface area contributed by atoms with Gasteiger partial charge in [-0.15, -0.1) is 11.3 Å². The van der Waals surface area contributed by atoms with Crippen molar-refractivity contribution in [2.45, 2.75) is 6.92 Å². The summed E-state index contributed by atoms with van der Waals surface area (Å²) in [5.74, 6) is 0. The van der Waals surface area contributed by atoms with Crippen molar-refractivity contribution < 1.29 is 0 Å². The number of hydrogen-bond donors (Lipinski definition) is 0. The molecule has 0 saturated heterocycles. The van der Waals surface area contributed by atoms with Crippen LogP contribution in [0.2, 0.25) is 0 Å². The average molecular weight is 324 g/mol. The molecular formula is C23H16S. The summed E-state index contributed by atoms with van der Waals surface area (Å²) >= 11 is 1.86. The van der Waals surface area contributed by atoms with Crippen molar-refractivity contribution in [1.29, 1.82) is 0 Å². The lowest BCUT2D eigenvalue weighted by atomic mass is 9.97. The Balaban J connectivity index is 1.92. The first-order valence-corrected chi connectivity index (χ1v) is 9.05. The molecule has 0 fully saturated rings. The van der Waals surface area contributed by atoms with Crippen LogP contribution in [0.15, 0.2) is 72.8 Å². The SMILES string of the molecule is CC=Cc1cc2c(ccc3c4cc5ccccc5cc4ccc23)s1. The maximum absolute atomic E-state index is 2.33. The average Bonchev–Trinajstić information content (AvgIpc) is 3.03. The summed E-state index contributed by atoms with van der Waals surface area (Å²) in [5, 5.41) is 9.31. The summed E-state index contributed by atoms with van der Waals surface area (Å²) in [6, 6.07) is 24.6. The van der Waals surface area contributed by atoms with Crippen LogP contribution in [0.1, 0.15) is 11.8 Å². The minimum absolute atomic E-state index is 1.30. The Hall–Kier alpha value is -2.64. The number of benzene rings is 4. The lowest BCUT2D eigenvalue weighted by molar-refractivity contribution is 1.79. The zero-order valence-corrected chi connectivity index (χ0v) is 14.2. The molecule has 0 aliphatic carbocycles. The Labute approximate surface area is 144 Å². The van der Waals surface area contributed by atoms with Crippen LogP contribution in [0.3, 0.4) is 0 Å². The van der Waals surface area contributed by atoms with Crippen LogP contribution in [-0.2, 0) is 0 Å². The van der Waals surface area contributed by atoms with Crippen LogP contribution < -0.4 is 0 Å². The van der Waals surface area contributed by atoms with Gasteiger partial charge < -0.3 is 0 Å². The van der Waals surface area contributed by atoms with Gasteiger partial charge in [0.15, 0.2) is 0 Å². The first kappa shape index (κ1) is 13.8. The third kappa shape index (κ3) is 1.98. The van der Waals surface area contributed by atoms with Crippen molar-refractivity contribution >= 4 is 59.8 Å². The molecule has 0 N–H and O–H groups in total. The molecule has 0 atom stereocenters. The fraction of sp³-hybridized carbons (Fsp3) is 0.0435. The van der Waals surface area contributed by atoms with Gasteiger partial charge in [-0.25, -0.2) is 0 Å². The second-order valence-corrected chi connectivity index (χ2v) is 7.32. The lowest BCUT2D eigenvalue weighted by Crippen LogP contribution is -1.80. The van der Waals surface area contributed by atoms with E-state index in [2.05, 4.69) is 85.8 Å². The predicted molar refractivity (Wildman–Crippen MR) is 109 cm³/mol. The van der Waals surface area contributed by atoms with E-state index in [9.17, 15) is 0 Å². The van der Waals surface area contributed by atoms with Crippen LogP contribution in [0.4, 0.5) is 0 Å². The van der Waals surface area contributed by atoms with E-state index in [1.54, 1.807) is 0 Å².